The van der Waals surface area contributed by atoms with Crippen LogP contribution in [0.5, 0.6) is 0 Å². The second kappa shape index (κ2) is 10.3. The van der Waals surface area contributed by atoms with Gasteiger partial charge in [-0.15, -0.1) is 0 Å². The van der Waals surface area contributed by atoms with Crippen molar-refractivity contribution in [3.05, 3.63) is 48.6 Å². The number of rotatable bonds is 8. The van der Waals surface area contributed by atoms with Gasteiger partial charge in [-0.3, -0.25) is 9.80 Å². The molecule has 0 fully saturated rings. The van der Waals surface area contributed by atoms with Gasteiger partial charge >= 0.3 is 12.2 Å². The Morgan fingerprint density at radius 2 is 1.44 bits per heavy atom. The molecule has 6 nitrogen and oxygen atoms in total. The van der Waals surface area contributed by atoms with Crippen LogP contribution < -0.4 is 9.80 Å². The molecule has 148 valence electrons. The molecule has 8 heteroatoms. The van der Waals surface area contributed by atoms with Crippen molar-refractivity contribution in [1.82, 2.24) is 0 Å². The molecule has 0 aromatic heterocycles. The van der Waals surface area contributed by atoms with E-state index in [-0.39, 0.29) is 24.6 Å². The van der Waals surface area contributed by atoms with E-state index in [9.17, 15) is 18.4 Å². The van der Waals surface area contributed by atoms with Crippen LogP contribution in [0, 0.1) is 6.92 Å². The van der Waals surface area contributed by atoms with Gasteiger partial charge in [0.05, 0.1) is 37.7 Å². The third kappa shape index (κ3) is 6.09. The zero-order valence-corrected chi connectivity index (χ0v) is 15.8. The molecule has 0 radical (unpaired) electrons. The minimum absolute atomic E-state index is 0.0676. The molecule has 0 unspecified atom stereocenters. The summed E-state index contributed by atoms with van der Waals surface area (Å²) in [7, 11) is 0. The fourth-order valence-electron chi connectivity index (χ4n) is 2.44. The third-order valence-electron chi connectivity index (χ3n) is 3.41. The Bertz CT molecular complexity index is 722. The molecule has 0 bridgehead atoms. The molecule has 0 atom stereocenters. The van der Waals surface area contributed by atoms with Crippen LogP contribution in [0.1, 0.15) is 19.4 Å². The maximum absolute atomic E-state index is 13.6. The van der Waals surface area contributed by atoms with Gasteiger partial charge in [-0.25, -0.2) is 18.4 Å². The van der Waals surface area contributed by atoms with Gasteiger partial charge in [0.15, 0.2) is 0 Å². The summed E-state index contributed by atoms with van der Waals surface area (Å²) in [5.41, 5.74) is 0.881. The molecule has 27 heavy (non-hydrogen) atoms. The first-order valence-corrected chi connectivity index (χ1v) is 8.37. The van der Waals surface area contributed by atoms with Crippen molar-refractivity contribution in [1.29, 1.82) is 0 Å². The predicted octanol–water partition coefficient (Wildman–Crippen LogP) is 4.89. The topological polar surface area (TPSA) is 59.1 Å². The molecule has 0 saturated carbocycles. The third-order valence-corrected chi connectivity index (χ3v) is 3.41. The van der Waals surface area contributed by atoms with E-state index >= 15 is 0 Å². The van der Waals surface area contributed by atoms with Crippen LogP contribution in [0.3, 0.4) is 0 Å². The molecule has 1 aromatic carbocycles. The van der Waals surface area contributed by atoms with Crippen LogP contribution in [0.2, 0.25) is 0 Å². The molecule has 0 saturated heterocycles. The van der Waals surface area contributed by atoms with Gasteiger partial charge in [-0.05, 0) is 32.4 Å². The van der Waals surface area contributed by atoms with Crippen molar-refractivity contribution in [2.24, 2.45) is 0 Å². The lowest BCUT2D eigenvalue weighted by Gasteiger charge is -2.30. The average Bonchev–Trinajstić information content (AvgIpc) is 2.57. The second-order valence-corrected chi connectivity index (χ2v) is 5.55. The lowest BCUT2D eigenvalue weighted by Crippen LogP contribution is -2.38. The van der Waals surface area contributed by atoms with E-state index in [1.54, 1.807) is 32.9 Å². The highest BCUT2D eigenvalue weighted by molar-refractivity contribution is 5.99. The summed E-state index contributed by atoms with van der Waals surface area (Å²) < 4.78 is 37.1. The highest BCUT2D eigenvalue weighted by Gasteiger charge is 2.28. The number of benzene rings is 1. The molecule has 2 amide bonds. The molecule has 0 aliphatic carbocycles. The number of carbonyl (C=O) groups is 2. The molecule has 0 aliphatic rings. The summed E-state index contributed by atoms with van der Waals surface area (Å²) in [5, 5.41) is 0. The Kier molecular flexibility index (Phi) is 8.44. The molecule has 1 rings (SSSR count). The normalized spacial score (nSPS) is 10.1. The van der Waals surface area contributed by atoms with Crippen LogP contribution >= 0.6 is 0 Å². The number of carbonyl (C=O) groups excluding carboxylic acids is 2. The van der Waals surface area contributed by atoms with Crippen molar-refractivity contribution in [2.75, 3.05) is 36.1 Å². The van der Waals surface area contributed by atoms with Gasteiger partial charge in [-0.1, -0.05) is 25.3 Å². The predicted molar refractivity (Wildman–Crippen MR) is 100 cm³/mol. The second-order valence-electron chi connectivity index (χ2n) is 5.55. The number of ether oxygens (including phenoxy) is 2. The lowest BCUT2D eigenvalue weighted by molar-refractivity contribution is 0.158. The van der Waals surface area contributed by atoms with Gasteiger partial charge in [0, 0.05) is 0 Å². The number of para-hydroxylation sites is 1. The first kappa shape index (κ1) is 22.1. The lowest BCUT2D eigenvalue weighted by atomic mass is 10.1. The Balaban J connectivity index is 3.56. The van der Waals surface area contributed by atoms with E-state index in [1.165, 1.54) is 6.07 Å². The maximum Gasteiger partial charge on any atom is 0.414 e. The highest BCUT2D eigenvalue weighted by Crippen LogP contribution is 2.35. The number of halogens is 2. The Morgan fingerprint density at radius 3 is 1.93 bits per heavy atom. The van der Waals surface area contributed by atoms with Crippen LogP contribution in [0.4, 0.5) is 29.7 Å². The van der Waals surface area contributed by atoms with Crippen molar-refractivity contribution < 1.29 is 27.8 Å². The van der Waals surface area contributed by atoms with Crippen molar-refractivity contribution >= 4 is 23.6 Å². The summed E-state index contributed by atoms with van der Waals surface area (Å²) in [5.74, 6) is -1.57. The number of anilines is 2. The fourth-order valence-corrected chi connectivity index (χ4v) is 2.44. The van der Waals surface area contributed by atoms with Crippen molar-refractivity contribution in [3.63, 3.8) is 0 Å². The van der Waals surface area contributed by atoms with Crippen molar-refractivity contribution in [2.45, 2.75) is 20.8 Å². The monoisotopic (exact) mass is 382 g/mol. The molecule has 1 aromatic rings. The maximum atomic E-state index is 13.6. The van der Waals surface area contributed by atoms with Crippen LogP contribution in [-0.4, -0.2) is 38.5 Å². The summed E-state index contributed by atoms with van der Waals surface area (Å²) >= 11 is 0. The molecule has 0 aliphatic heterocycles. The summed E-state index contributed by atoms with van der Waals surface area (Å²) in [4.78, 5) is 26.7. The Hall–Kier alpha value is -2.90. The van der Waals surface area contributed by atoms with E-state index < -0.39 is 36.9 Å². The standard InChI is InChI=1S/C19H24F2N2O4/c1-6-26-18(24)22(11-14(4)20)16-10-8-9-13(3)17(16)23(12-15(5)21)19(25)27-7-2/h8-10H,4-7,11-12H2,1-3H3. The van der Waals surface area contributed by atoms with Gasteiger partial charge in [0.1, 0.15) is 11.7 Å². The number of nitrogens with zero attached hydrogens (tertiary/aromatic N) is 2. The first-order chi connectivity index (χ1) is 12.7. The number of hydrogen-bond donors (Lipinski definition) is 0. The molecular formula is C19H24F2N2O4. The minimum atomic E-state index is -0.828. The van der Waals surface area contributed by atoms with Crippen LogP contribution in [0.15, 0.2) is 43.0 Å². The smallest absolute Gasteiger partial charge is 0.414 e. The summed E-state index contributed by atoms with van der Waals surface area (Å²) in [6, 6.07) is 4.78. The largest absolute Gasteiger partial charge is 0.449 e. The van der Waals surface area contributed by atoms with E-state index in [0.29, 0.717) is 5.56 Å². The Morgan fingerprint density at radius 1 is 0.963 bits per heavy atom. The number of aryl methyl sites for hydroxylation is 1. The van der Waals surface area contributed by atoms with Crippen LogP contribution in [-0.2, 0) is 9.47 Å². The summed E-state index contributed by atoms with van der Waals surface area (Å²) in [6.45, 7) is 10.4. The summed E-state index contributed by atoms with van der Waals surface area (Å²) in [6.07, 6.45) is -1.65. The van der Waals surface area contributed by atoms with Crippen LogP contribution in [0.25, 0.3) is 0 Å². The van der Waals surface area contributed by atoms with Gasteiger partial charge < -0.3 is 9.47 Å². The molecule has 0 heterocycles. The molecule has 0 N–H and O–H groups in total. The molecule has 0 spiro atoms. The van der Waals surface area contributed by atoms with E-state index in [0.717, 1.165) is 9.80 Å². The zero-order chi connectivity index (χ0) is 20.6. The van der Waals surface area contributed by atoms with Gasteiger partial charge in [0.2, 0.25) is 0 Å². The average molecular weight is 382 g/mol. The van der Waals surface area contributed by atoms with E-state index in [4.69, 9.17) is 9.47 Å². The van der Waals surface area contributed by atoms with E-state index in [1.807, 2.05) is 0 Å². The molecular weight excluding hydrogens is 358 g/mol. The quantitative estimate of drug-likeness (QED) is 0.642. The number of amides is 2. The first-order valence-electron chi connectivity index (χ1n) is 8.37. The van der Waals surface area contributed by atoms with Gasteiger partial charge in [-0.2, -0.15) is 0 Å². The van der Waals surface area contributed by atoms with E-state index in [2.05, 4.69) is 13.2 Å². The SMILES string of the molecule is C=C(F)CN(C(=O)OCC)c1cccc(C)c1N(CC(=C)F)C(=O)OCC. The van der Waals surface area contributed by atoms with Crippen molar-refractivity contribution in [3.8, 4) is 0 Å². The zero-order valence-electron chi connectivity index (χ0n) is 15.8. The fraction of sp³-hybridized carbons (Fsp3) is 0.368. The Labute approximate surface area is 157 Å². The minimum Gasteiger partial charge on any atom is -0.449 e. The highest BCUT2D eigenvalue weighted by atomic mass is 19.1. The number of hydrogen-bond acceptors (Lipinski definition) is 4. The van der Waals surface area contributed by atoms with Gasteiger partial charge in [0.25, 0.3) is 0 Å².